The van der Waals surface area contributed by atoms with Crippen molar-refractivity contribution in [1.29, 1.82) is 0 Å². The van der Waals surface area contributed by atoms with Crippen LogP contribution in [-0.4, -0.2) is 50.8 Å². The molecule has 1 aliphatic heterocycles. The van der Waals surface area contributed by atoms with E-state index >= 15 is 0 Å². The number of rotatable bonds is 7. The predicted octanol–water partition coefficient (Wildman–Crippen LogP) is 3.24. The summed E-state index contributed by atoms with van der Waals surface area (Å²) in [4.78, 5) is 28.3. The van der Waals surface area contributed by atoms with Gasteiger partial charge in [-0.1, -0.05) is 59.8 Å². The van der Waals surface area contributed by atoms with Crippen molar-refractivity contribution in [3.8, 4) is 11.1 Å². The van der Waals surface area contributed by atoms with E-state index in [9.17, 15) is 9.59 Å². The van der Waals surface area contributed by atoms with Gasteiger partial charge in [0.15, 0.2) is 0 Å². The lowest BCUT2D eigenvalue weighted by molar-refractivity contribution is -0.134. The van der Waals surface area contributed by atoms with Crippen LogP contribution in [0.5, 0.6) is 0 Å². The molecule has 0 spiro atoms. The molecule has 172 valence electrons. The summed E-state index contributed by atoms with van der Waals surface area (Å²) in [6, 6.07) is 18.5. The van der Waals surface area contributed by atoms with Crippen molar-refractivity contribution in [3.63, 3.8) is 0 Å². The van der Waals surface area contributed by atoms with Crippen molar-refractivity contribution < 1.29 is 9.59 Å². The summed E-state index contributed by atoms with van der Waals surface area (Å²) < 4.78 is 1.55. The Bertz CT molecular complexity index is 1120. The Morgan fingerprint density at radius 1 is 1.09 bits per heavy atom. The first-order valence-electron chi connectivity index (χ1n) is 11.5. The molecule has 33 heavy (non-hydrogen) atoms. The lowest BCUT2D eigenvalue weighted by Gasteiger charge is -2.30. The molecule has 0 aliphatic carbocycles. The number of nitrogens with one attached hydrogen (secondary N) is 1. The normalized spacial score (nSPS) is 18.0. The lowest BCUT2D eigenvalue weighted by atomic mass is 9.78. The second kappa shape index (κ2) is 9.57. The topological polar surface area (TPSA) is 80.1 Å². The van der Waals surface area contributed by atoms with Crippen LogP contribution in [0.25, 0.3) is 11.1 Å². The minimum atomic E-state index is -0.677. The van der Waals surface area contributed by atoms with Gasteiger partial charge in [-0.15, -0.1) is 5.10 Å². The molecule has 1 N–H and O–H groups in total. The van der Waals surface area contributed by atoms with E-state index in [-0.39, 0.29) is 24.4 Å². The van der Waals surface area contributed by atoms with Gasteiger partial charge in [-0.3, -0.25) is 9.59 Å². The maximum atomic E-state index is 13.5. The Balaban J connectivity index is 1.60. The second-order valence-electron chi connectivity index (χ2n) is 9.23. The third-order valence-electron chi connectivity index (χ3n) is 6.19. The van der Waals surface area contributed by atoms with Crippen LogP contribution < -0.4 is 5.32 Å². The van der Waals surface area contributed by atoms with Gasteiger partial charge in [-0.05, 0) is 50.3 Å². The molecule has 1 atom stereocenters. The minimum absolute atomic E-state index is 0.00673. The summed E-state index contributed by atoms with van der Waals surface area (Å²) >= 11 is 0. The molecule has 1 fully saturated rings. The van der Waals surface area contributed by atoms with Crippen molar-refractivity contribution in [1.82, 2.24) is 25.2 Å². The number of hydrogen-bond donors (Lipinski definition) is 1. The molecule has 4 rings (SSSR count). The highest BCUT2D eigenvalue weighted by Crippen LogP contribution is 2.37. The Labute approximate surface area is 194 Å². The van der Waals surface area contributed by atoms with E-state index < -0.39 is 5.41 Å². The standard InChI is InChI=1S/C26H31N5O2/c1-19(2)27-25(33)26(13-14-30(18-26)24(32)17-31-16-20(3)28-29-31)15-22-11-7-8-12-23(22)21-9-5-4-6-10-21/h4-12,16,19H,13-15,17-18H2,1-3H3,(H,27,33)/t26-/m0/s1. The highest BCUT2D eigenvalue weighted by molar-refractivity contribution is 5.86. The summed E-state index contributed by atoms with van der Waals surface area (Å²) in [7, 11) is 0. The van der Waals surface area contributed by atoms with Crippen molar-refractivity contribution in [3.05, 3.63) is 72.1 Å². The first kappa shape index (κ1) is 22.7. The quantitative estimate of drug-likeness (QED) is 0.606. The Morgan fingerprint density at radius 2 is 1.82 bits per heavy atom. The molecule has 1 aliphatic rings. The number of hydrogen-bond acceptors (Lipinski definition) is 4. The average molecular weight is 446 g/mol. The van der Waals surface area contributed by atoms with Gasteiger partial charge in [0.1, 0.15) is 6.54 Å². The fourth-order valence-corrected chi connectivity index (χ4v) is 4.56. The second-order valence-corrected chi connectivity index (χ2v) is 9.23. The number of likely N-dealkylation sites (tertiary alicyclic amines) is 1. The summed E-state index contributed by atoms with van der Waals surface area (Å²) in [6.45, 7) is 6.84. The van der Waals surface area contributed by atoms with Gasteiger partial charge >= 0.3 is 0 Å². The molecular weight excluding hydrogens is 414 g/mol. The minimum Gasteiger partial charge on any atom is -0.353 e. The molecular formula is C26H31N5O2. The van der Waals surface area contributed by atoms with Gasteiger partial charge in [0.25, 0.3) is 0 Å². The van der Waals surface area contributed by atoms with E-state index in [2.05, 4.69) is 39.9 Å². The third kappa shape index (κ3) is 5.13. The zero-order valence-corrected chi connectivity index (χ0v) is 19.5. The predicted molar refractivity (Wildman–Crippen MR) is 127 cm³/mol. The van der Waals surface area contributed by atoms with E-state index in [1.165, 1.54) is 0 Å². The Morgan fingerprint density at radius 3 is 2.52 bits per heavy atom. The molecule has 0 unspecified atom stereocenters. The molecule has 2 amide bonds. The fraction of sp³-hybridized carbons (Fsp3) is 0.385. The van der Waals surface area contributed by atoms with E-state index in [1.54, 1.807) is 15.8 Å². The summed E-state index contributed by atoms with van der Waals surface area (Å²) in [5, 5.41) is 11.1. The molecule has 7 heteroatoms. The summed E-state index contributed by atoms with van der Waals surface area (Å²) in [5.74, 6) is -0.0391. The van der Waals surface area contributed by atoms with Crippen LogP contribution in [0.4, 0.5) is 0 Å². The number of benzene rings is 2. The molecule has 0 radical (unpaired) electrons. The van der Waals surface area contributed by atoms with Crippen molar-refractivity contribution >= 4 is 11.8 Å². The first-order valence-corrected chi connectivity index (χ1v) is 11.5. The van der Waals surface area contributed by atoms with Crippen LogP contribution in [0.1, 0.15) is 31.5 Å². The van der Waals surface area contributed by atoms with Crippen LogP contribution >= 0.6 is 0 Å². The largest absolute Gasteiger partial charge is 0.353 e. The maximum absolute atomic E-state index is 13.5. The van der Waals surface area contributed by atoms with Crippen LogP contribution in [0.2, 0.25) is 0 Å². The lowest BCUT2D eigenvalue weighted by Crippen LogP contribution is -2.47. The molecule has 0 bridgehead atoms. The van der Waals surface area contributed by atoms with Crippen LogP contribution in [0, 0.1) is 12.3 Å². The van der Waals surface area contributed by atoms with Crippen molar-refractivity contribution in [2.24, 2.45) is 5.41 Å². The average Bonchev–Trinajstić information content (AvgIpc) is 3.41. The highest BCUT2D eigenvalue weighted by Gasteiger charge is 2.46. The van der Waals surface area contributed by atoms with Gasteiger partial charge in [-0.25, -0.2) is 4.68 Å². The van der Waals surface area contributed by atoms with E-state index in [0.717, 1.165) is 22.4 Å². The van der Waals surface area contributed by atoms with E-state index in [4.69, 9.17) is 0 Å². The molecule has 1 aromatic heterocycles. The van der Waals surface area contributed by atoms with Gasteiger partial charge in [0.2, 0.25) is 11.8 Å². The molecule has 7 nitrogen and oxygen atoms in total. The van der Waals surface area contributed by atoms with E-state index in [0.29, 0.717) is 25.9 Å². The Kier molecular flexibility index (Phi) is 6.58. The monoisotopic (exact) mass is 445 g/mol. The highest BCUT2D eigenvalue weighted by atomic mass is 16.2. The zero-order valence-electron chi connectivity index (χ0n) is 19.5. The summed E-state index contributed by atoms with van der Waals surface area (Å²) in [6.07, 6.45) is 2.95. The Hall–Kier alpha value is -3.48. The third-order valence-corrected chi connectivity index (χ3v) is 6.19. The van der Waals surface area contributed by atoms with Crippen LogP contribution in [-0.2, 0) is 22.6 Å². The number of carbonyl (C=O) groups excluding carboxylic acids is 2. The smallest absolute Gasteiger partial charge is 0.244 e. The van der Waals surface area contributed by atoms with Crippen LogP contribution in [0.3, 0.4) is 0 Å². The first-order chi connectivity index (χ1) is 15.9. The zero-order chi connectivity index (χ0) is 23.4. The number of nitrogens with zero attached hydrogens (tertiary/aromatic N) is 4. The number of carbonyl (C=O) groups is 2. The van der Waals surface area contributed by atoms with Gasteiger partial charge in [0, 0.05) is 25.3 Å². The molecule has 1 saturated heterocycles. The van der Waals surface area contributed by atoms with Gasteiger partial charge in [-0.2, -0.15) is 0 Å². The SMILES string of the molecule is Cc1cn(CC(=O)N2CC[C@@](Cc3ccccc3-c3ccccc3)(C(=O)NC(C)C)C2)nn1. The van der Waals surface area contributed by atoms with Crippen molar-refractivity contribution in [2.75, 3.05) is 13.1 Å². The molecule has 0 saturated carbocycles. The number of aryl methyl sites for hydroxylation is 1. The fourth-order valence-electron chi connectivity index (χ4n) is 4.56. The summed E-state index contributed by atoms with van der Waals surface area (Å²) in [5.41, 5.74) is 3.46. The van der Waals surface area contributed by atoms with Crippen molar-refractivity contribution in [2.45, 2.75) is 46.2 Å². The van der Waals surface area contributed by atoms with E-state index in [1.807, 2.05) is 51.1 Å². The number of amides is 2. The molecule has 3 aromatic rings. The van der Waals surface area contributed by atoms with Gasteiger partial charge < -0.3 is 10.2 Å². The molecule has 2 aromatic carbocycles. The molecule has 2 heterocycles. The van der Waals surface area contributed by atoms with Gasteiger partial charge in [0.05, 0.1) is 11.1 Å². The van der Waals surface area contributed by atoms with Crippen LogP contribution in [0.15, 0.2) is 60.8 Å². The number of aromatic nitrogens is 3. The maximum Gasteiger partial charge on any atom is 0.244 e.